The van der Waals surface area contributed by atoms with E-state index in [0.29, 0.717) is 12.8 Å². The van der Waals surface area contributed by atoms with Gasteiger partial charge in [-0.15, -0.1) is 0 Å². The van der Waals surface area contributed by atoms with E-state index in [1.165, 1.54) is 6.92 Å². The molecule has 382 valence electrons. The molecule has 0 aromatic heterocycles. The molecular formula is C42H76N12O13. The number of nitrogens with one attached hydrogen (secondary N) is 8. The number of amides is 8. The van der Waals surface area contributed by atoms with Crippen LogP contribution in [0.3, 0.4) is 0 Å². The lowest BCUT2D eigenvalue weighted by Crippen LogP contribution is -2.61. The van der Waals surface area contributed by atoms with E-state index in [-0.39, 0.29) is 56.6 Å². The van der Waals surface area contributed by atoms with Gasteiger partial charge in [0.1, 0.15) is 42.3 Å². The number of nitrogens with zero attached hydrogens (tertiary/aromatic N) is 1. The van der Waals surface area contributed by atoms with E-state index in [2.05, 4.69) is 47.5 Å². The van der Waals surface area contributed by atoms with Gasteiger partial charge >= 0.3 is 11.9 Å². The standard InChI is InChI=1S/C42H76N12O13/c1-10-22(7)32(52-37(62)26(15-20(3)4)49-29(56)18-43)39(64)51-28(17-31(58)59)35(60)47-19-30(57)48-25(13-12-14-46-42(44)45)36(61)50-27(16-21(5)6)38(63)54-34(24(9)55)40(65)53-33(41(66)67)23(8)11-2/h20-28,32-34,55H,10-19,43H2,1-9H3,(H,47,60)(H,48,57)(H,49,56)(H,50,61)(H,51,64)(H,52,62)(H,53,65)(H,54,63)(H,58,59)(H,66,67)(H4,44,45,46)/t22-,23-,24+,25-,26-,27-,28-,32-,33-,34-/m0/s1. The van der Waals surface area contributed by atoms with E-state index in [0.717, 1.165) is 0 Å². The summed E-state index contributed by atoms with van der Waals surface area (Å²) in [4.78, 5) is 134. The monoisotopic (exact) mass is 957 g/mol. The van der Waals surface area contributed by atoms with Gasteiger partial charge in [-0.25, -0.2) is 4.79 Å². The van der Waals surface area contributed by atoms with Crippen molar-refractivity contribution in [2.45, 2.75) is 156 Å². The van der Waals surface area contributed by atoms with Gasteiger partial charge in [-0.3, -0.25) is 48.1 Å². The number of guanidine groups is 1. The predicted molar refractivity (Wildman–Crippen MR) is 245 cm³/mol. The predicted octanol–water partition coefficient (Wildman–Crippen LogP) is -3.37. The molecule has 0 heterocycles. The molecule has 0 fully saturated rings. The number of aliphatic hydroxyl groups is 1. The summed E-state index contributed by atoms with van der Waals surface area (Å²) in [5.41, 5.74) is 16.3. The van der Waals surface area contributed by atoms with Gasteiger partial charge in [0, 0.05) is 6.54 Å². The number of hydrogen-bond acceptors (Lipinski definition) is 13. The molecule has 0 saturated heterocycles. The van der Waals surface area contributed by atoms with Crippen molar-refractivity contribution >= 4 is 65.2 Å². The molecule has 25 nitrogen and oxygen atoms in total. The quantitative estimate of drug-likeness (QED) is 0.0178. The Morgan fingerprint density at radius 1 is 0.552 bits per heavy atom. The van der Waals surface area contributed by atoms with Crippen LogP contribution in [-0.4, -0.2) is 149 Å². The zero-order chi connectivity index (χ0) is 51.7. The van der Waals surface area contributed by atoms with Crippen LogP contribution in [0.4, 0.5) is 0 Å². The van der Waals surface area contributed by atoms with Crippen LogP contribution in [0.15, 0.2) is 4.99 Å². The van der Waals surface area contributed by atoms with Gasteiger partial charge < -0.3 is 75.1 Å². The summed E-state index contributed by atoms with van der Waals surface area (Å²) in [5.74, 6) is -11.5. The van der Waals surface area contributed by atoms with E-state index in [4.69, 9.17) is 17.2 Å². The van der Waals surface area contributed by atoms with Crippen molar-refractivity contribution in [2.24, 2.45) is 45.9 Å². The summed E-state index contributed by atoms with van der Waals surface area (Å²) < 4.78 is 0. The van der Waals surface area contributed by atoms with Crippen molar-refractivity contribution in [3.8, 4) is 0 Å². The van der Waals surface area contributed by atoms with Crippen LogP contribution in [0.25, 0.3) is 0 Å². The zero-order valence-electron chi connectivity index (χ0n) is 40.1. The molecule has 0 unspecified atom stereocenters. The van der Waals surface area contributed by atoms with Gasteiger partial charge in [0.25, 0.3) is 0 Å². The van der Waals surface area contributed by atoms with Crippen molar-refractivity contribution in [3.05, 3.63) is 0 Å². The van der Waals surface area contributed by atoms with Crippen molar-refractivity contribution in [3.63, 3.8) is 0 Å². The number of carboxylic acids is 2. The minimum Gasteiger partial charge on any atom is -0.481 e. The van der Waals surface area contributed by atoms with E-state index in [1.54, 1.807) is 41.5 Å². The summed E-state index contributed by atoms with van der Waals surface area (Å²) in [5, 5.41) is 49.1. The minimum absolute atomic E-state index is 0.00268. The fraction of sp³-hybridized carbons (Fsp3) is 0.738. The lowest BCUT2D eigenvalue weighted by atomic mass is 9.96. The lowest BCUT2D eigenvalue weighted by molar-refractivity contribution is -0.144. The minimum atomic E-state index is -1.75. The van der Waals surface area contributed by atoms with Gasteiger partial charge in [0.2, 0.25) is 47.3 Å². The average molecular weight is 957 g/mol. The second kappa shape index (κ2) is 31.0. The molecule has 8 amide bonds. The van der Waals surface area contributed by atoms with Crippen molar-refractivity contribution in [2.75, 3.05) is 19.6 Å². The number of carboxylic acid groups (broad SMARTS) is 2. The Hall–Kier alpha value is -6.11. The first-order valence-corrected chi connectivity index (χ1v) is 22.4. The van der Waals surface area contributed by atoms with E-state index < -0.39 is 132 Å². The second-order valence-electron chi connectivity index (χ2n) is 17.4. The maximum atomic E-state index is 13.8. The lowest BCUT2D eigenvalue weighted by Gasteiger charge is -2.29. The van der Waals surface area contributed by atoms with E-state index in [9.17, 15) is 63.3 Å². The number of aliphatic imine (C=N–C) groups is 1. The second-order valence-corrected chi connectivity index (χ2v) is 17.4. The number of hydrogen-bond donors (Lipinski definition) is 14. The molecule has 0 spiro atoms. The Balaban J connectivity index is 6.35. The molecule has 17 N–H and O–H groups in total. The Kier molecular flexibility index (Phi) is 28.1. The summed E-state index contributed by atoms with van der Waals surface area (Å²) in [6.07, 6.45) is -1.48. The number of rotatable bonds is 32. The normalized spacial score (nSPS) is 15.6. The smallest absolute Gasteiger partial charge is 0.326 e. The topological polar surface area (TPSA) is 418 Å². The first-order valence-electron chi connectivity index (χ1n) is 22.4. The van der Waals surface area contributed by atoms with Crippen LogP contribution in [-0.2, 0) is 47.9 Å². The molecule has 67 heavy (non-hydrogen) atoms. The largest absolute Gasteiger partial charge is 0.481 e. The highest BCUT2D eigenvalue weighted by atomic mass is 16.4. The average Bonchev–Trinajstić information content (AvgIpc) is 3.23. The number of carbonyl (C=O) groups excluding carboxylic acids is 8. The van der Waals surface area contributed by atoms with Crippen molar-refractivity contribution in [1.82, 2.24) is 42.5 Å². The van der Waals surface area contributed by atoms with Gasteiger partial charge in [-0.2, -0.15) is 0 Å². The summed E-state index contributed by atoms with van der Waals surface area (Å²) in [7, 11) is 0. The molecule has 0 rings (SSSR count). The highest BCUT2D eigenvalue weighted by Gasteiger charge is 2.36. The first kappa shape index (κ1) is 60.9. The van der Waals surface area contributed by atoms with Gasteiger partial charge in [-0.1, -0.05) is 68.2 Å². The van der Waals surface area contributed by atoms with Crippen molar-refractivity contribution in [1.29, 1.82) is 0 Å². The fourth-order valence-corrected chi connectivity index (χ4v) is 6.43. The Morgan fingerprint density at radius 2 is 1.00 bits per heavy atom. The summed E-state index contributed by atoms with van der Waals surface area (Å²) >= 11 is 0. The molecule has 0 aliphatic heterocycles. The molecule has 0 radical (unpaired) electrons. The number of carbonyl (C=O) groups is 10. The van der Waals surface area contributed by atoms with Gasteiger partial charge in [-0.05, 0) is 56.3 Å². The van der Waals surface area contributed by atoms with Crippen LogP contribution >= 0.6 is 0 Å². The molecule has 10 atom stereocenters. The maximum absolute atomic E-state index is 13.8. The third-order valence-electron chi connectivity index (χ3n) is 10.5. The number of aliphatic hydroxyl groups excluding tert-OH is 1. The van der Waals surface area contributed by atoms with Crippen LogP contribution in [0.1, 0.15) is 107 Å². The molecule has 0 aromatic carbocycles. The molecule has 0 aromatic rings. The number of aliphatic carboxylic acids is 2. The van der Waals surface area contributed by atoms with E-state index in [1.807, 2.05) is 13.8 Å². The maximum Gasteiger partial charge on any atom is 0.326 e. The molecule has 0 bridgehead atoms. The molecule has 0 aliphatic rings. The van der Waals surface area contributed by atoms with Gasteiger partial charge in [0.05, 0.1) is 25.6 Å². The summed E-state index contributed by atoms with van der Waals surface area (Å²) in [6.45, 7) is 13.8. The molecule has 25 heteroatoms. The van der Waals surface area contributed by atoms with Crippen LogP contribution in [0.5, 0.6) is 0 Å². The molecule has 0 aliphatic carbocycles. The third kappa shape index (κ3) is 23.8. The highest BCUT2D eigenvalue weighted by Crippen LogP contribution is 2.13. The van der Waals surface area contributed by atoms with E-state index >= 15 is 0 Å². The Labute approximate surface area is 391 Å². The SMILES string of the molecule is CC[C@H](C)[C@H](NC(=O)[C@@H](NC(=O)[C@H](CC(C)C)NC(=O)[C@H](CCCN=C(N)N)NC(=O)CNC(=O)[C@H](CC(=O)O)NC(=O)[C@@H](NC(=O)[C@H](CC(C)C)NC(=O)CN)[C@@H](C)CC)[C@@H](C)O)C(=O)O. The number of nitrogens with two attached hydrogens (primary N) is 3. The highest BCUT2D eigenvalue weighted by molar-refractivity contribution is 5.98. The molecular weight excluding hydrogens is 881 g/mol. The Morgan fingerprint density at radius 3 is 1.46 bits per heavy atom. The van der Waals surface area contributed by atoms with Gasteiger partial charge in [0.15, 0.2) is 5.96 Å². The summed E-state index contributed by atoms with van der Waals surface area (Å²) in [6, 6.07) is -9.80. The fourth-order valence-electron chi connectivity index (χ4n) is 6.43. The molecule has 0 saturated carbocycles. The van der Waals surface area contributed by atoms with Crippen LogP contribution in [0.2, 0.25) is 0 Å². The zero-order valence-corrected chi connectivity index (χ0v) is 40.1. The van der Waals surface area contributed by atoms with Crippen molar-refractivity contribution < 1.29 is 63.3 Å². The third-order valence-corrected chi connectivity index (χ3v) is 10.5. The Bertz CT molecular complexity index is 1720. The first-order chi connectivity index (χ1) is 31.2. The van der Waals surface area contributed by atoms with Crippen LogP contribution < -0.4 is 59.7 Å². The van der Waals surface area contributed by atoms with Crippen LogP contribution in [0, 0.1) is 23.7 Å².